The summed E-state index contributed by atoms with van der Waals surface area (Å²) in [4.78, 5) is 32.7. The first-order valence-electron chi connectivity index (χ1n) is 9.01. The number of aliphatic imine (C=N–C) groups is 1. The summed E-state index contributed by atoms with van der Waals surface area (Å²) in [6, 6.07) is 15.5. The van der Waals surface area contributed by atoms with Crippen LogP contribution in [0.1, 0.15) is 26.3 Å². The van der Waals surface area contributed by atoms with Gasteiger partial charge in [0.25, 0.3) is 5.91 Å². The summed E-state index contributed by atoms with van der Waals surface area (Å²) in [5.74, 6) is -1.40. The molecule has 30 heavy (non-hydrogen) atoms. The fourth-order valence-corrected chi connectivity index (χ4v) is 2.56. The number of esters is 1. The molecule has 0 atom stereocenters. The summed E-state index contributed by atoms with van der Waals surface area (Å²) < 4.78 is 18.2. The van der Waals surface area contributed by atoms with Gasteiger partial charge in [-0.3, -0.25) is 15.1 Å². The van der Waals surface area contributed by atoms with E-state index in [2.05, 4.69) is 20.6 Å². The number of benzene rings is 2. The number of nitrogens with one attached hydrogen (secondary N) is 2. The lowest BCUT2D eigenvalue weighted by Crippen LogP contribution is -2.36. The molecule has 0 aliphatic rings. The van der Waals surface area contributed by atoms with Crippen molar-refractivity contribution < 1.29 is 18.7 Å². The average molecular weight is 406 g/mol. The zero-order valence-electron chi connectivity index (χ0n) is 16.1. The molecule has 0 aliphatic carbocycles. The van der Waals surface area contributed by atoms with Crippen LogP contribution in [0, 0.1) is 5.82 Å². The number of amides is 1. The Bertz CT molecular complexity index is 1070. The van der Waals surface area contributed by atoms with Crippen molar-refractivity contribution in [2.75, 3.05) is 12.4 Å². The molecule has 0 aliphatic heterocycles. The smallest absolute Gasteiger partial charge is 0.337 e. The van der Waals surface area contributed by atoms with Gasteiger partial charge in [-0.1, -0.05) is 18.2 Å². The van der Waals surface area contributed by atoms with Crippen molar-refractivity contribution in [3.63, 3.8) is 0 Å². The van der Waals surface area contributed by atoms with Gasteiger partial charge in [0.1, 0.15) is 5.82 Å². The van der Waals surface area contributed by atoms with Crippen LogP contribution in [0.5, 0.6) is 0 Å². The predicted octanol–water partition coefficient (Wildman–Crippen LogP) is 3.41. The van der Waals surface area contributed by atoms with Gasteiger partial charge in [0, 0.05) is 23.6 Å². The highest BCUT2D eigenvalue weighted by Gasteiger charge is 2.12. The molecule has 7 nitrogen and oxygen atoms in total. The van der Waals surface area contributed by atoms with Crippen molar-refractivity contribution in [1.29, 1.82) is 0 Å². The van der Waals surface area contributed by atoms with Gasteiger partial charge in [-0.25, -0.2) is 14.2 Å². The molecule has 1 amide bonds. The molecule has 0 fully saturated rings. The topological polar surface area (TPSA) is 92.7 Å². The Kier molecular flexibility index (Phi) is 6.83. The Morgan fingerprint density at radius 3 is 2.60 bits per heavy atom. The molecule has 0 unspecified atom stereocenters. The minimum atomic E-state index is -0.531. The van der Waals surface area contributed by atoms with Gasteiger partial charge in [-0.15, -0.1) is 0 Å². The first-order chi connectivity index (χ1) is 14.5. The number of guanidine groups is 1. The number of methoxy groups -OCH3 is 1. The van der Waals surface area contributed by atoms with E-state index in [0.717, 1.165) is 11.6 Å². The maximum atomic E-state index is 13.5. The maximum absolute atomic E-state index is 13.5. The third-order valence-electron chi connectivity index (χ3n) is 4.01. The van der Waals surface area contributed by atoms with E-state index in [4.69, 9.17) is 4.74 Å². The third-order valence-corrected chi connectivity index (χ3v) is 4.01. The normalized spacial score (nSPS) is 10.9. The molecule has 152 valence electrons. The molecule has 1 heterocycles. The van der Waals surface area contributed by atoms with E-state index in [1.807, 2.05) is 6.07 Å². The molecular formula is C22H19FN4O3. The number of hydrogen-bond donors (Lipinski definition) is 2. The van der Waals surface area contributed by atoms with Gasteiger partial charge in [-0.2, -0.15) is 0 Å². The van der Waals surface area contributed by atoms with E-state index in [1.54, 1.807) is 42.7 Å². The number of carbonyl (C=O) groups is 2. The Morgan fingerprint density at radius 1 is 1.07 bits per heavy atom. The summed E-state index contributed by atoms with van der Waals surface area (Å²) in [5.41, 5.74) is 1.84. The second-order valence-corrected chi connectivity index (χ2v) is 6.19. The molecule has 3 rings (SSSR count). The second-order valence-electron chi connectivity index (χ2n) is 6.19. The van der Waals surface area contributed by atoms with Gasteiger partial charge >= 0.3 is 5.97 Å². The lowest BCUT2D eigenvalue weighted by molar-refractivity contribution is 0.0600. The molecule has 2 aromatic carbocycles. The summed E-state index contributed by atoms with van der Waals surface area (Å²) in [7, 11) is 1.29. The molecule has 0 bridgehead atoms. The molecule has 0 spiro atoms. The Morgan fingerprint density at radius 2 is 1.87 bits per heavy atom. The summed E-state index contributed by atoms with van der Waals surface area (Å²) >= 11 is 0. The van der Waals surface area contributed by atoms with E-state index < -0.39 is 17.7 Å². The van der Waals surface area contributed by atoms with Crippen LogP contribution in [0.15, 0.2) is 78.0 Å². The molecule has 1 aromatic heterocycles. The van der Waals surface area contributed by atoms with Gasteiger partial charge in [-0.05, 0) is 48.0 Å². The fourth-order valence-electron chi connectivity index (χ4n) is 2.56. The number of halogens is 1. The number of rotatable bonds is 5. The highest BCUT2D eigenvalue weighted by atomic mass is 19.1. The van der Waals surface area contributed by atoms with Crippen LogP contribution in [0.3, 0.4) is 0 Å². The number of aromatic nitrogens is 1. The Hall–Kier alpha value is -4.07. The van der Waals surface area contributed by atoms with E-state index in [0.29, 0.717) is 11.3 Å². The lowest BCUT2D eigenvalue weighted by Gasteiger charge is -2.13. The van der Waals surface area contributed by atoms with E-state index in [1.165, 1.54) is 25.3 Å². The van der Waals surface area contributed by atoms with Crippen LogP contribution < -0.4 is 10.6 Å². The number of carbonyl (C=O) groups excluding carboxylic acids is 2. The molecule has 0 radical (unpaired) electrons. The van der Waals surface area contributed by atoms with Crippen LogP contribution in [-0.4, -0.2) is 29.9 Å². The molecule has 3 aromatic rings. The molecular weight excluding hydrogens is 387 g/mol. The van der Waals surface area contributed by atoms with Gasteiger partial charge < -0.3 is 10.1 Å². The van der Waals surface area contributed by atoms with Crippen LogP contribution >= 0.6 is 0 Å². The highest BCUT2D eigenvalue weighted by molar-refractivity contribution is 6.10. The zero-order valence-corrected chi connectivity index (χ0v) is 16.1. The number of ether oxygens (including phenoxy) is 1. The Labute approximate surface area is 172 Å². The van der Waals surface area contributed by atoms with Crippen molar-refractivity contribution in [2.24, 2.45) is 4.99 Å². The minimum absolute atomic E-state index is 0.134. The van der Waals surface area contributed by atoms with Crippen LogP contribution in [-0.2, 0) is 11.3 Å². The van der Waals surface area contributed by atoms with Gasteiger partial charge in [0.2, 0.25) is 5.96 Å². The van der Waals surface area contributed by atoms with Crippen molar-refractivity contribution in [3.8, 4) is 0 Å². The van der Waals surface area contributed by atoms with Crippen molar-refractivity contribution in [1.82, 2.24) is 10.3 Å². The minimum Gasteiger partial charge on any atom is -0.465 e. The van der Waals surface area contributed by atoms with E-state index in [9.17, 15) is 14.0 Å². The van der Waals surface area contributed by atoms with Gasteiger partial charge in [0.15, 0.2) is 0 Å². The maximum Gasteiger partial charge on any atom is 0.337 e. The quantitative estimate of drug-likeness (QED) is 0.385. The molecule has 0 saturated carbocycles. The Balaban J connectivity index is 1.83. The fraction of sp³-hybridized carbons (Fsp3) is 0.0909. The third kappa shape index (κ3) is 5.71. The molecule has 8 heteroatoms. The first-order valence-corrected chi connectivity index (χ1v) is 9.01. The number of pyridine rings is 1. The predicted molar refractivity (Wildman–Crippen MR) is 111 cm³/mol. The first kappa shape index (κ1) is 20.7. The zero-order chi connectivity index (χ0) is 21.3. The SMILES string of the molecule is COC(=O)c1cccc(NC(=NCc2cccnc2)NC(=O)c2cccc(F)c2)c1. The van der Waals surface area contributed by atoms with Crippen molar-refractivity contribution in [3.05, 3.63) is 95.6 Å². The molecule has 2 N–H and O–H groups in total. The number of anilines is 1. The van der Waals surface area contributed by atoms with Crippen LogP contribution in [0.25, 0.3) is 0 Å². The van der Waals surface area contributed by atoms with E-state index in [-0.39, 0.29) is 18.1 Å². The van der Waals surface area contributed by atoms with E-state index >= 15 is 0 Å². The van der Waals surface area contributed by atoms with Crippen molar-refractivity contribution in [2.45, 2.75) is 6.54 Å². The summed E-state index contributed by atoms with van der Waals surface area (Å²) in [5, 5.41) is 5.62. The van der Waals surface area contributed by atoms with Gasteiger partial charge in [0.05, 0.1) is 19.2 Å². The average Bonchev–Trinajstić information content (AvgIpc) is 2.77. The van der Waals surface area contributed by atoms with Crippen molar-refractivity contribution >= 4 is 23.5 Å². The number of hydrogen-bond acceptors (Lipinski definition) is 5. The van der Waals surface area contributed by atoms with Crippen LogP contribution in [0.2, 0.25) is 0 Å². The largest absolute Gasteiger partial charge is 0.465 e. The highest BCUT2D eigenvalue weighted by Crippen LogP contribution is 2.12. The van der Waals surface area contributed by atoms with Crippen LogP contribution in [0.4, 0.5) is 10.1 Å². The summed E-state index contributed by atoms with van der Waals surface area (Å²) in [6.45, 7) is 0.246. The lowest BCUT2D eigenvalue weighted by atomic mass is 10.2. The monoisotopic (exact) mass is 406 g/mol. The second kappa shape index (κ2) is 9.92. The summed E-state index contributed by atoms with van der Waals surface area (Å²) in [6.07, 6.45) is 3.31. The number of nitrogens with zero attached hydrogens (tertiary/aromatic N) is 2. The molecule has 0 saturated heterocycles. The standard InChI is InChI=1S/C22H19FN4O3/c1-30-21(29)17-7-3-9-19(12-17)26-22(25-14-15-5-4-10-24-13-15)27-20(28)16-6-2-8-18(23)11-16/h2-13H,14H2,1H3,(H2,25,26,27,28).